The van der Waals surface area contributed by atoms with Crippen molar-refractivity contribution in [1.29, 1.82) is 0 Å². The van der Waals surface area contributed by atoms with Crippen molar-refractivity contribution in [2.24, 2.45) is 0 Å². The molecule has 0 atom stereocenters. The Kier molecular flexibility index (Phi) is 8.52. The summed E-state index contributed by atoms with van der Waals surface area (Å²) < 4.78 is 28.0. The zero-order chi connectivity index (χ0) is 19.2. The van der Waals surface area contributed by atoms with E-state index in [0.29, 0.717) is 24.4 Å². The van der Waals surface area contributed by atoms with Crippen molar-refractivity contribution in [3.05, 3.63) is 29.8 Å². The topological polar surface area (TPSA) is 114 Å². The zero-order valence-electron chi connectivity index (χ0n) is 15.4. The predicted molar refractivity (Wildman–Crippen MR) is 105 cm³/mol. The van der Waals surface area contributed by atoms with Crippen molar-refractivity contribution < 1.29 is 22.7 Å². The number of carbonyl (C=O) groups excluding carboxylic acids is 2. The van der Waals surface area contributed by atoms with Gasteiger partial charge in [0.25, 0.3) is 5.91 Å². The first-order chi connectivity index (χ1) is 12.3. The molecular weight excluding hydrogens is 394 g/mol. The Bertz CT molecular complexity index is 764. The number of hydrogen-bond donors (Lipinski definition) is 3. The Morgan fingerprint density at radius 3 is 2.41 bits per heavy atom. The average Bonchev–Trinajstić information content (AvgIpc) is 2.64. The zero-order valence-corrected chi connectivity index (χ0v) is 17.0. The van der Waals surface area contributed by atoms with Gasteiger partial charge in [-0.1, -0.05) is 6.07 Å². The standard InChI is InChI=1S/C17H25N3O5S.ClH/c1-25-14-5-3-4-13(12-14)15(21)19-10-11-20-16(22)17(26(2,23)24)6-8-18-9-7-17;/h3-5,12,18H,6-11H2,1-2H3,(H,19,21)(H,20,22);1H. The summed E-state index contributed by atoms with van der Waals surface area (Å²) in [6, 6.07) is 6.72. The highest BCUT2D eigenvalue weighted by molar-refractivity contribution is 7.92. The molecule has 0 saturated carbocycles. The van der Waals surface area contributed by atoms with Crippen LogP contribution in [0.25, 0.3) is 0 Å². The molecule has 0 unspecified atom stereocenters. The summed E-state index contributed by atoms with van der Waals surface area (Å²) in [6.45, 7) is 1.30. The number of amides is 2. The number of carbonyl (C=O) groups is 2. The lowest BCUT2D eigenvalue weighted by Gasteiger charge is -2.34. The molecular formula is C17H26ClN3O5S. The maximum absolute atomic E-state index is 12.5. The Labute approximate surface area is 165 Å². The quantitative estimate of drug-likeness (QED) is 0.541. The molecule has 1 heterocycles. The summed E-state index contributed by atoms with van der Waals surface area (Å²) in [4.78, 5) is 24.6. The minimum atomic E-state index is -3.54. The lowest BCUT2D eigenvalue weighted by atomic mass is 9.96. The van der Waals surface area contributed by atoms with Gasteiger partial charge in [-0.15, -0.1) is 12.4 Å². The average molecular weight is 420 g/mol. The summed E-state index contributed by atoms with van der Waals surface area (Å²) in [5, 5.41) is 8.40. The highest BCUT2D eigenvalue weighted by Crippen LogP contribution is 2.27. The molecule has 1 saturated heterocycles. The number of rotatable bonds is 7. The summed E-state index contributed by atoms with van der Waals surface area (Å²) >= 11 is 0. The minimum absolute atomic E-state index is 0. The second-order valence-corrected chi connectivity index (χ2v) is 8.59. The van der Waals surface area contributed by atoms with E-state index in [-0.39, 0.29) is 44.2 Å². The molecule has 0 aromatic heterocycles. The van der Waals surface area contributed by atoms with E-state index in [2.05, 4.69) is 16.0 Å². The first-order valence-corrected chi connectivity index (χ1v) is 10.3. The third kappa shape index (κ3) is 5.57. The number of sulfone groups is 1. The molecule has 8 nitrogen and oxygen atoms in total. The molecule has 0 aliphatic carbocycles. The highest BCUT2D eigenvalue weighted by atomic mass is 35.5. The fraction of sp³-hybridized carbons (Fsp3) is 0.529. The second-order valence-electron chi connectivity index (χ2n) is 6.26. The van der Waals surface area contributed by atoms with Crippen LogP contribution in [0.15, 0.2) is 24.3 Å². The van der Waals surface area contributed by atoms with E-state index in [9.17, 15) is 18.0 Å². The van der Waals surface area contributed by atoms with Crippen LogP contribution in [0.3, 0.4) is 0 Å². The van der Waals surface area contributed by atoms with E-state index in [1.807, 2.05) is 0 Å². The SMILES string of the molecule is COc1cccc(C(=O)NCCNC(=O)C2(S(C)(=O)=O)CCNCC2)c1.Cl. The van der Waals surface area contributed by atoms with Crippen molar-refractivity contribution >= 4 is 34.1 Å². The maximum atomic E-state index is 12.5. The Morgan fingerprint density at radius 1 is 1.19 bits per heavy atom. The fourth-order valence-electron chi connectivity index (χ4n) is 2.98. The van der Waals surface area contributed by atoms with Crippen molar-refractivity contribution in [3.63, 3.8) is 0 Å². The van der Waals surface area contributed by atoms with Crippen LogP contribution in [-0.2, 0) is 14.6 Å². The fourth-order valence-corrected chi connectivity index (χ4v) is 4.33. The van der Waals surface area contributed by atoms with Crippen molar-refractivity contribution in [2.75, 3.05) is 39.5 Å². The van der Waals surface area contributed by atoms with Crippen molar-refractivity contribution in [3.8, 4) is 5.75 Å². The third-order valence-corrected chi connectivity index (χ3v) is 6.58. The molecule has 0 radical (unpaired) electrons. The molecule has 1 fully saturated rings. The van der Waals surface area contributed by atoms with Gasteiger partial charge >= 0.3 is 0 Å². The van der Waals surface area contributed by atoms with Gasteiger partial charge in [-0.05, 0) is 44.1 Å². The maximum Gasteiger partial charge on any atom is 0.251 e. The van der Waals surface area contributed by atoms with Gasteiger partial charge in [0.1, 0.15) is 5.75 Å². The largest absolute Gasteiger partial charge is 0.497 e. The molecule has 152 valence electrons. The number of halogens is 1. The number of ether oxygens (including phenoxy) is 1. The van der Waals surface area contributed by atoms with Gasteiger partial charge in [0.05, 0.1) is 7.11 Å². The summed E-state index contributed by atoms with van der Waals surface area (Å²) in [5.41, 5.74) is 0.446. The van der Waals surface area contributed by atoms with Crippen LogP contribution in [0.4, 0.5) is 0 Å². The molecule has 1 aromatic carbocycles. The van der Waals surface area contributed by atoms with E-state index >= 15 is 0 Å². The Balaban J connectivity index is 0.00000364. The monoisotopic (exact) mass is 419 g/mol. The molecule has 1 aromatic rings. The van der Waals surface area contributed by atoms with E-state index in [1.165, 1.54) is 7.11 Å². The van der Waals surface area contributed by atoms with E-state index in [1.54, 1.807) is 24.3 Å². The lowest BCUT2D eigenvalue weighted by Crippen LogP contribution is -2.57. The van der Waals surface area contributed by atoms with Gasteiger partial charge in [-0.2, -0.15) is 0 Å². The number of nitrogens with one attached hydrogen (secondary N) is 3. The van der Waals surface area contributed by atoms with Crippen LogP contribution in [0.1, 0.15) is 23.2 Å². The van der Waals surface area contributed by atoms with Gasteiger partial charge in [0.15, 0.2) is 14.6 Å². The van der Waals surface area contributed by atoms with Crippen molar-refractivity contribution in [2.45, 2.75) is 17.6 Å². The first kappa shape index (κ1) is 23.2. The molecule has 2 amide bonds. The Hall–Kier alpha value is -1.84. The number of methoxy groups -OCH3 is 1. The molecule has 0 bridgehead atoms. The number of benzene rings is 1. The normalized spacial score (nSPS) is 15.9. The van der Waals surface area contributed by atoms with E-state index in [4.69, 9.17) is 4.74 Å². The van der Waals surface area contributed by atoms with Crippen LogP contribution in [0.5, 0.6) is 5.75 Å². The van der Waals surface area contributed by atoms with E-state index < -0.39 is 20.5 Å². The van der Waals surface area contributed by atoms with Gasteiger partial charge < -0.3 is 20.7 Å². The Morgan fingerprint density at radius 2 is 1.81 bits per heavy atom. The summed E-state index contributed by atoms with van der Waals surface area (Å²) in [7, 11) is -2.03. The van der Waals surface area contributed by atoms with E-state index in [0.717, 1.165) is 6.26 Å². The number of piperidine rings is 1. The molecule has 1 aliphatic rings. The molecule has 27 heavy (non-hydrogen) atoms. The highest BCUT2D eigenvalue weighted by Gasteiger charge is 2.48. The van der Waals surface area contributed by atoms with Crippen LogP contribution >= 0.6 is 12.4 Å². The summed E-state index contributed by atoms with van der Waals surface area (Å²) in [5.74, 6) is -0.220. The second kappa shape index (κ2) is 9.91. The van der Waals surface area contributed by atoms with Gasteiger partial charge in [0, 0.05) is 24.9 Å². The van der Waals surface area contributed by atoms with Crippen LogP contribution < -0.4 is 20.7 Å². The minimum Gasteiger partial charge on any atom is -0.497 e. The molecule has 10 heteroatoms. The third-order valence-electron chi connectivity index (χ3n) is 4.56. The molecule has 0 spiro atoms. The van der Waals surface area contributed by atoms with Crippen LogP contribution in [0.2, 0.25) is 0 Å². The smallest absolute Gasteiger partial charge is 0.251 e. The first-order valence-electron chi connectivity index (χ1n) is 8.41. The number of hydrogen-bond acceptors (Lipinski definition) is 6. The van der Waals surface area contributed by atoms with Crippen LogP contribution in [-0.4, -0.2) is 64.5 Å². The van der Waals surface area contributed by atoms with Gasteiger partial charge in [-0.25, -0.2) is 8.42 Å². The lowest BCUT2D eigenvalue weighted by molar-refractivity contribution is -0.124. The van der Waals surface area contributed by atoms with Gasteiger partial charge in [-0.3, -0.25) is 9.59 Å². The molecule has 1 aliphatic heterocycles. The molecule has 3 N–H and O–H groups in total. The predicted octanol–water partition coefficient (Wildman–Crippen LogP) is 0.130. The van der Waals surface area contributed by atoms with Crippen LogP contribution in [0, 0.1) is 0 Å². The van der Waals surface area contributed by atoms with Gasteiger partial charge in [0.2, 0.25) is 5.91 Å². The summed E-state index contributed by atoms with van der Waals surface area (Å²) in [6.07, 6.45) is 1.59. The van der Waals surface area contributed by atoms with Crippen molar-refractivity contribution in [1.82, 2.24) is 16.0 Å². The molecule has 2 rings (SSSR count).